The number of fused-ring (bicyclic) bond motifs is 1. The molecule has 0 amide bonds. The third-order valence-electron chi connectivity index (χ3n) is 4.59. The van der Waals surface area contributed by atoms with E-state index in [4.69, 9.17) is 9.40 Å². The number of hydrogen-bond acceptors (Lipinski definition) is 5. The fourth-order valence-electron chi connectivity index (χ4n) is 3.13. The van der Waals surface area contributed by atoms with Gasteiger partial charge in [-0.25, -0.2) is 9.97 Å². The summed E-state index contributed by atoms with van der Waals surface area (Å²) >= 11 is 0. The van der Waals surface area contributed by atoms with E-state index >= 15 is 0 Å². The summed E-state index contributed by atoms with van der Waals surface area (Å²) in [6.45, 7) is 2.05. The molecular formula is C23H16N4O. The van der Waals surface area contributed by atoms with Crippen molar-refractivity contribution in [1.29, 1.82) is 0 Å². The number of hydrogen-bond donors (Lipinski definition) is 0. The van der Waals surface area contributed by atoms with Gasteiger partial charge in [-0.15, -0.1) is 10.2 Å². The van der Waals surface area contributed by atoms with Crippen LogP contribution in [0.25, 0.3) is 45.2 Å². The highest BCUT2D eigenvalue weighted by molar-refractivity contribution is 5.88. The van der Waals surface area contributed by atoms with E-state index in [-0.39, 0.29) is 0 Å². The molecule has 0 unspecified atom stereocenters. The van der Waals surface area contributed by atoms with E-state index in [1.165, 1.54) is 5.56 Å². The molecule has 28 heavy (non-hydrogen) atoms. The topological polar surface area (TPSA) is 64.7 Å². The van der Waals surface area contributed by atoms with Gasteiger partial charge < -0.3 is 4.42 Å². The first-order valence-electron chi connectivity index (χ1n) is 9.00. The van der Waals surface area contributed by atoms with Crippen molar-refractivity contribution < 1.29 is 4.42 Å². The standard InChI is InChI=1S/C23H16N4O/c1-15-9-11-17(12-10-15)22-26-27-23(28-22)19-14-18-8-5-13-24-21(18)25-20(19)16-6-3-2-4-7-16/h2-14H,1H3. The van der Waals surface area contributed by atoms with Gasteiger partial charge in [0.2, 0.25) is 11.8 Å². The zero-order chi connectivity index (χ0) is 18.9. The van der Waals surface area contributed by atoms with Crippen LogP contribution in [0.1, 0.15) is 5.56 Å². The Morgan fingerprint density at radius 2 is 1.54 bits per heavy atom. The Labute approximate surface area is 161 Å². The molecule has 0 fully saturated rings. The van der Waals surface area contributed by atoms with Crippen LogP contribution in [0.2, 0.25) is 0 Å². The lowest BCUT2D eigenvalue weighted by Gasteiger charge is -2.07. The Balaban J connectivity index is 1.69. The van der Waals surface area contributed by atoms with Gasteiger partial charge in [0, 0.05) is 22.7 Å². The van der Waals surface area contributed by atoms with Gasteiger partial charge in [0.15, 0.2) is 5.65 Å². The van der Waals surface area contributed by atoms with E-state index in [9.17, 15) is 0 Å². The minimum absolute atomic E-state index is 0.438. The Bertz CT molecular complexity index is 1260. The Morgan fingerprint density at radius 1 is 0.750 bits per heavy atom. The van der Waals surface area contributed by atoms with E-state index in [1.807, 2.05) is 79.7 Å². The van der Waals surface area contributed by atoms with Crippen LogP contribution in [0.3, 0.4) is 0 Å². The van der Waals surface area contributed by atoms with Crippen LogP contribution >= 0.6 is 0 Å². The summed E-state index contributed by atoms with van der Waals surface area (Å²) in [5.74, 6) is 0.924. The Morgan fingerprint density at radius 3 is 2.36 bits per heavy atom. The van der Waals surface area contributed by atoms with E-state index < -0.39 is 0 Å². The highest BCUT2D eigenvalue weighted by Crippen LogP contribution is 2.33. The van der Waals surface area contributed by atoms with Crippen LogP contribution in [0.4, 0.5) is 0 Å². The molecule has 3 heterocycles. The van der Waals surface area contributed by atoms with Crippen LogP contribution in [0, 0.1) is 6.92 Å². The second-order valence-electron chi connectivity index (χ2n) is 6.58. The third kappa shape index (κ3) is 2.93. The molecule has 0 spiro atoms. The number of nitrogens with zero attached hydrogens (tertiary/aromatic N) is 4. The fourth-order valence-corrected chi connectivity index (χ4v) is 3.13. The molecule has 5 nitrogen and oxygen atoms in total. The molecular weight excluding hydrogens is 348 g/mol. The van der Waals surface area contributed by atoms with E-state index in [2.05, 4.69) is 15.2 Å². The largest absolute Gasteiger partial charge is 0.416 e. The number of pyridine rings is 2. The van der Waals surface area contributed by atoms with Gasteiger partial charge >= 0.3 is 0 Å². The smallest absolute Gasteiger partial charge is 0.250 e. The van der Waals surface area contributed by atoms with Crippen molar-refractivity contribution in [1.82, 2.24) is 20.2 Å². The van der Waals surface area contributed by atoms with E-state index in [0.717, 1.165) is 27.8 Å². The first kappa shape index (κ1) is 16.3. The summed E-state index contributed by atoms with van der Waals surface area (Å²) < 4.78 is 6.02. The highest BCUT2D eigenvalue weighted by atomic mass is 16.4. The molecule has 0 saturated carbocycles. The molecule has 0 aliphatic rings. The molecule has 0 N–H and O–H groups in total. The minimum Gasteiger partial charge on any atom is -0.416 e. The molecule has 134 valence electrons. The van der Waals surface area contributed by atoms with Crippen molar-refractivity contribution in [3.05, 3.63) is 84.6 Å². The highest BCUT2D eigenvalue weighted by Gasteiger charge is 2.17. The van der Waals surface area contributed by atoms with Crippen molar-refractivity contribution in [3.8, 4) is 34.2 Å². The van der Waals surface area contributed by atoms with Crippen LogP contribution in [0.5, 0.6) is 0 Å². The lowest BCUT2D eigenvalue weighted by molar-refractivity contribution is 0.584. The summed E-state index contributed by atoms with van der Waals surface area (Å²) in [7, 11) is 0. The van der Waals surface area contributed by atoms with Crippen molar-refractivity contribution in [2.75, 3.05) is 0 Å². The maximum absolute atomic E-state index is 6.02. The molecule has 5 rings (SSSR count). The second kappa shape index (κ2) is 6.70. The number of rotatable bonds is 3. The van der Waals surface area contributed by atoms with Crippen LogP contribution in [-0.2, 0) is 0 Å². The van der Waals surface area contributed by atoms with Crippen molar-refractivity contribution >= 4 is 11.0 Å². The zero-order valence-electron chi connectivity index (χ0n) is 15.2. The number of aromatic nitrogens is 4. The summed E-state index contributed by atoms with van der Waals surface area (Å²) in [5.41, 5.74) is 5.29. The molecule has 0 aliphatic heterocycles. The fraction of sp³-hybridized carbons (Fsp3) is 0.0435. The molecule has 5 heteroatoms. The Hall–Kier alpha value is -3.86. The number of aryl methyl sites for hydroxylation is 1. The van der Waals surface area contributed by atoms with Gasteiger partial charge in [-0.05, 0) is 37.3 Å². The molecule has 0 atom stereocenters. The lowest BCUT2D eigenvalue weighted by atomic mass is 10.0. The summed E-state index contributed by atoms with van der Waals surface area (Å²) in [6, 6.07) is 23.8. The first-order valence-corrected chi connectivity index (χ1v) is 9.00. The first-order chi connectivity index (χ1) is 13.8. The van der Waals surface area contributed by atoms with Gasteiger partial charge in [0.05, 0.1) is 11.3 Å². The maximum atomic E-state index is 6.02. The molecule has 5 aromatic rings. The molecule has 0 aliphatic carbocycles. The van der Waals surface area contributed by atoms with Crippen LogP contribution < -0.4 is 0 Å². The van der Waals surface area contributed by atoms with Crippen molar-refractivity contribution in [3.63, 3.8) is 0 Å². The zero-order valence-corrected chi connectivity index (χ0v) is 15.2. The van der Waals surface area contributed by atoms with Gasteiger partial charge in [-0.1, -0.05) is 48.0 Å². The second-order valence-corrected chi connectivity index (χ2v) is 6.58. The quantitative estimate of drug-likeness (QED) is 0.433. The lowest BCUT2D eigenvalue weighted by Crippen LogP contribution is -1.93. The van der Waals surface area contributed by atoms with Gasteiger partial charge in [0.1, 0.15) is 0 Å². The van der Waals surface area contributed by atoms with Crippen LogP contribution in [0.15, 0.2) is 83.4 Å². The Kier molecular flexibility index (Phi) is 3.91. The van der Waals surface area contributed by atoms with Crippen LogP contribution in [-0.4, -0.2) is 20.2 Å². The molecule has 0 saturated heterocycles. The summed E-state index contributed by atoms with van der Waals surface area (Å²) in [6.07, 6.45) is 1.74. The predicted molar refractivity (Wildman–Crippen MR) is 108 cm³/mol. The van der Waals surface area contributed by atoms with Gasteiger partial charge in [-0.3, -0.25) is 0 Å². The maximum Gasteiger partial charge on any atom is 0.250 e. The molecule has 0 bridgehead atoms. The normalized spacial score (nSPS) is 11.0. The van der Waals surface area contributed by atoms with E-state index in [0.29, 0.717) is 17.4 Å². The molecule has 0 radical (unpaired) electrons. The van der Waals surface area contributed by atoms with E-state index in [1.54, 1.807) is 6.20 Å². The average Bonchev–Trinajstić information content (AvgIpc) is 3.24. The number of benzene rings is 2. The average molecular weight is 364 g/mol. The van der Waals surface area contributed by atoms with Gasteiger partial charge in [-0.2, -0.15) is 0 Å². The molecule has 3 aromatic heterocycles. The van der Waals surface area contributed by atoms with Gasteiger partial charge in [0.25, 0.3) is 0 Å². The predicted octanol–water partition coefficient (Wildman–Crippen LogP) is 5.32. The third-order valence-corrected chi connectivity index (χ3v) is 4.59. The molecule has 2 aromatic carbocycles. The monoisotopic (exact) mass is 364 g/mol. The summed E-state index contributed by atoms with van der Waals surface area (Å²) in [5, 5.41) is 9.47. The SMILES string of the molecule is Cc1ccc(-c2nnc(-c3cc4cccnc4nc3-c3ccccc3)o2)cc1. The summed E-state index contributed by atoms with van der Waals surface area (Å²) in [4.78, 5) is 9.16. The minimum atomic E-state index is 0.438. The van der Waals surface area contributed by atoms with Crippen molar-refractivity contribution in [2.45, 2.75) is 6.92 Å². The van der Waals surface area contributed by atoms with Crippen molar-refractivity contribution in [2.24, 2.45) is 0 Å².